The van der Waals surface area contributed by atoms with E-state index in [2.05, 4.69) is 15.5 Å². The van der Waals surface area contributed by atoms with E-state index < -0.39 is 11.8 Å². The van der Waals surface area contributed by atoms with Gasteiger partial charge in [-0.05, 0) is 29.8 Å². The number of amides is 2. The Balaban J connectivity index is 1.67. The van der Waals surface area contributed by atoms with Crippen molar-refractivity contribution in [3.63, 3.8) is 0 Å². The van der Waals surface area contributed by atoms with Crippen LogP contribution < -0.4 is 16.5 Å². The molecule has 1 heterocycles. The number of aromatic nitrogens is 3. The number of benzene rings is 2. The molecule has 0 spiro atoms. The second-order valence-electron chi connectivity index (χ2n) is 5.38. The number of hydroxylamine groups is 1. The Morgan fingerprint density at radius 3 is 2.35 bits per heavy atom. The van der Waals surface area contributed by atoms with Gasteiger partial charge < -0.3 is 11.1 Å². The zero-order valence-corrected chi connectivity index (χ0v) is 13.6. The number of hydrogen-bond acceptors (Lipinski definition) is 6. The van der Waals surface area contributed by atoms with E-state index in [9.17, 15) is 9.59 Å². The third kappa shape index (κ3) is 3.68. The molecular formula is C17H16N6O3. The fraction of sp³-hybridized carbons (Fsp3) is 0.0588. The molecule has 2 amide bonds. The van der Waals surface area contributed by atoms with Gasteiger partial charge in [-0.1, -0.05) is 30.3 Å². The number of para-hydroxylation sites is 1. The zero-order chi connectivity index (χ0) is 18.5. The molecule has 3 rings (SSSR count). The van der Waals surface area contributed by atoms with Crippen LogP contribution in [-0.4, -0.2) is 32.0 Å². The van der Waals surface area contributed by atoms with Crippen LogP contribution in [0.4, 0.5) is 5.82 Å². The molecule has 0 unspecified atom stereocenters. The fourth-order valence-electron chi connectivity index (χ4n) is 2.26. The van der Waals surface area contributed by atoms with Gasteiger partial charge in [-0.25, -0.2) is 5.48 Å². The molecular weight excluding hydrogens is 336 g/mol. The average molecular weight is 352 g/mol. The molecule has 0 bridgehead atoms. The predicted octanol–water partition coefficient (Wildman–Crippen LogP) is 0.898. The van der Waals surface area contributed by atoms with Crippen molar-refractivity contribution in [1.82, 2.24) is 25.8 Å². The zero-order valence-electron chi connectivity index (χ0n) is 13.6. The minimum absolute atomic E-state index is 0.0290. The molecule has 26 heavy (non-hydrogen) atoms. The van der Waals surface area contributed by atoms with Crippen LogP contribution in [0.2, 0.25) is 0 Å². The average Bonchev–Trinajstić information content (AvgIpc) is 3.08. The summed E-state index contributed by atoms with van der Waals surface area (Å²) in [4.78, 5) is 24.9. The monoisotopic (exact) mass is 352 g/mol. The van der Waals surface area contributed by atoms with Gasteiger partial charge in [0.15, 0.2) is 11.5 Å². The second kappa shape index (κ2) is 7.45. The van der Waals surface area contributed by atoms with E-state index in [1.54, 1.807) is 29.7 Å². The van der Waals surface area contributed by atoms with Crippen molar-refractivity contribution in [2.75, 3.05) is 5.73 Å². The Hall–Kier alpha value is -3.72. The summed E-state index contributed by atoms with van der Waals surface area (Å²) < 4.78 is 0. The maximum atomic E-state index is 12.3. The lowest BCUT2D eigenvalue weighted by atomic mass is 10.1. The third-order valence-corrected chi connectivity index (χ3v) is 3.61. The van der Waals surface area contributed by atoms with Crippen molar-refractivity contribution in [3.05, 3.63) is 71.4 Å². The van der Waals surface area contributed by atoms with Gasteiger partial charge in [-0.2, -0.15) is 0 Å². The normalized spacial score (nSPS) is 10.3. The van der Waals surface area contributed by atoms with Gasteiger partial charge in [0.1, 0.15) is 0 Å². The minimum atomic E-state index is -0.606. The van der Waals surface area contributed by atoms with E-state index in [4.69, 9.17) is 10.9 Å². The van der Waals surface area contributed by atoms with E-state index in [0.717, 1.165) is 5.56 Å². The number of carbonyl (C=O) groups excluding carboxylic acids is 2. The number of hydrogen-bond donors (Lipinski definition) is 4. The molecule has 0 saturated carbocycles. The first-order valence-electron chi connectivity index (χ1n) is 7.68. The number of rotatable bonds is 5. The maximum absolute atomic E-state index is 12.3. The Morgan fingerprint density at radius 2 is 1.69 bits per heavy atom. The third-order valence-electron chi connectivity index (χ3n) is 3.61. The summed E-state index contributed by atoms with van der Waals surface area (Å²) in [6, 6.07) is 15.5. The highest BCUT2D eigenvalue weighted by Gasteiger charge is 2.17. The topological polar surface area (TPSA) is 135 Å². The van der Waals surface area contributed by atoms with E-state index in [-0.39, 0.29) is 18.1 Å². The van der Waals surface area contributed by atoms with Crippen molar-refractivity contribution in [1.29, 1.82) is 0 Å². The van der Waals surface area contributed by atoms with E-state index in [1.807, 2.05) is 18.2 Å². The molecule has 0 saturated heterocycles. The van der Waals surface area contributed by atoms with Gasteiger partial charge in [0, 0.05) is 12.1 Å². The van der Waals surface area contributed by atoms with Gasteiger partial charge in [0.25, 0.3) is 11.8 Å². The SMILES string of the molecule is Nc1nn(-c2ccccc2)nc1C(=O)NCc1ccc(C(=O)NO)cc1. The smallest absolute Gasteiger partial charge is 0.275 e. The van der Waals surface area contributed by atoms with E-state index in [0.29, 0.717) is 11.3 Å². The van der Waals surface area contributed by atoms with Gasteiger partial charge in [0.2, 0.25) is 0 Å². The Morgan fingerprint density at radius 1 is 1.00 bits per heavy atom. The number of nitrogens with one attached hydrogen (secondary N) is 2. The number of carbonyl (C=O) groups is 2. The molecule has 5 N–H and O–H groups in total. The van der Waals surface area contributed by atoms with Crippen LogP contribution in [0.1, 0.15) is 26.4 Å². The lowest BCUT2D eigenvalue weighted by Crippen LogP contribution is -2.24. The quantitative estimate of drug-likeness (QED) is 0.398. The number of anilines is 1. The molecule has 1 aromatic heterocycles. The lowest BCUT2D eigenvalue weighted by Gasteiger charge is -2.05. The lowest BCUT2D eigenvalue weighted by molar-refractivity contribution is 0.0706. The molecule has 0 fully saturated rings. The standard InChI is InChI=1S/C17H16N6O3/c18-15-14(20-23(21-15)13-4-2-1-3-5-13)17(25)19-10-11-6-8-12(9-7-11)16(24)22-26/h1-9,26H,10H2,(H2,18,21)(H,19,25)(H,22,24). The van der Waals surface area contributed by atoms with Crippen LogP contribution >= 0.6 is 0 Å². The van der Waals surface area contributed by atoms with Gasteiger partial charge in [-0.15, -0.1) is 15.0 Å². The van der Waals surface area contributed by atoms with Crippen molar-refractivity contribution >= 4 is 17.6 Å². The molecule has 2 aromatic carbocycles. The predicted molar refractivity (Wildman–Crippen MR) is 92.6 cm³/mol. The number of nitrogens with two attached hydrogens (primary N) is 1. The summed E-state index contributed by atoms with van der Waals surface area (Å²) in [5, 5.41) is 19.5. The molecule has 0 atom stereocenters. The van der Waals surface area contributed by atoms with Crippen LogP contribution in [0.3, 0.4) is 0 Å². The molecule has 0 radical (unpaired) electrons. The summed E-state index contributed by atoms with van der Waals surface area (Å²) in [5.74, 6) is -1.03. The highest BCUT2D eigenvalue weighted by Crippen LogP contribution is 2.11. The minimum Gasteiger partial charge on any atom is -0.380 e. The van der Waals surface area contributed by atoms with Crippen LogP contribution in [0.15, 0.2) is 54.6 Å². The van der Waals surface area contributed by atoms with Crippen LogP contribution in [0.25, 0.3) is 5.69 Å². The van der Waals surface area contributed by atoms with Gasteiger partial charge in [0.05, 0.1) is 5.69 Å². The molecule has 3 aromatic rings. The van der Waals surface area contributed by atoms with E-state index in [1.165, 1.54) is 16.9 Å². The summed E-state index contributed by atoms with van der Waals surface area (Å²) in [5.41, 5.74) is 9.14. The summed E-state index contributed by atoms with van der Waals surface area (Å²) in [7, 11) is 0. The van der Waals surface area contributed by atoms with Crippen LogP contribution in [0, 0.1) is 0 Å². The molecule has 0 aliphatic heterocycles. The molecule has 9 heteroatoms. The number of nitrogens with zero attached hydrogens (tertiary/aromatic N) is 3. The van der Waals surface area contributed by atoms with Crippen molar-refractivity contribution in [2.45, 2.75) is 6.54 Å². The highest BCUT2D eigenvalue weighted by atomic mass is 16.5. The Bertz CT molecular complexity index is 921. The molecule has 132 valence electrons. The van der Waals surface area contributed by atoms with E-state index >= 15 is 0 Å². The summed E-state index contributed by atoms with van der Waals surface area (Å²) >= 11 is 0. The van der Waals surface area contributed by atoms with Crippen molar-refractivity contribution < 1.29 is 14.8 Å². The van der Waals surface area contributed by atoms with Crippen molar-refractivity contribution in [3.8, 4) is 5.69 Å². The maximum Gasteiger partial charge on any atom is 0.275 e. The highest BCUT2D eigenvalue weighted by molar-refractivity contribution is 5.96. The van der Waals surface area contributed by atoms with Crippen LogP contribution in [0.5, 0.6) is 0 Å². The summed E-state index contributed by atoms with van der Waals surface area (Å²) in [6.07, 6.45) is 0. The molecule has 9 nitrogen and oxygen atoms in total. The van der Waals surface area contributed by atoms with Gasteiger partial charge >= 0.3 is 0 Å². The molecule has 0 aliphatic carbocycles. The Kier molecular flexibility index (Phi) is 4.90. The number of nitrogen functional groups attached to an aromatic ring is 1. The first-order valence-corrected chi connectivity index (χ1v) is 7.68. The first-order chi connectivity index (χ1) is 12.6. The summed E-state index contributed by atoms with van der Waals surface area (Å²) in [6.45, 7) is 0.220. The van der Waals surface area contributed by atoms with Crippen LogP contribution in [-0.2, 0) is 6.54 Å². The fourth-order valence-corrected chi connectivity index (χ4v) is 2.26. The van der Waals surface area contributed by atoms with Crippen molar-refractivity contribution in [2.24, 2.45) is 0 Å². The first kappa shape index (κ1) is 17.1. The van der Waals surface area contributed by atoms with Gasteiger partial charge in [-0.3, -0.25) is 14.8 Å². The Labute approximate surface area is 148 Å². The largest absolute Gasteiger partial charge is 0.380 e. The molecule has 0 aliphatic rings. The second-order valence-corrected chi connectivity index (χ2v) is 5.38.